The highest BCUT2D eigenvalue weighted by Crippen LogP contribution is 2.58. The molecule has 0 amide bonds. The second kappa shape index (κ2) is 6.31. The summed E-state index contributed by atoms with van der Waals surface area (Å²) in [5.41, 5.74) is 4.48. The maximum absolute atomic E-state index is 3.84. The molecule has 2 aliphatic rings. The van der Waals surface area contributed by atoms with Crippen LogP contribution in [0.3, 0.4) is 0 Å². The lowest BCUT2D eigenvalue weighted by Gasteiger charge is -2.45. The number of fused-ring (bicyclic) bond motifs is 1. The summed E-state index contributed by atoms with van der Waals surface area (Å²) >= 11 is 4.27. The number of rotatable bonds is 2. The molecule has 1 saturated heterocycles. The third-order valence-corrected chi connectivity index (χ3v) is 8.08. The summed E-state index contributed by atoms with van der Waals surface area (Å²) in [7, 11) is 0. The molecule has 0 aromatic heterocycles. The highest BCUT2D eigenvalue weighted by atomic mass is 32.2. The summed E-state index contributed by atoms with van der Waals surface area (Å²) in [6.45, 7) is 1.08. The molecular formula is C19H21NS2. The van der Waals surface area contributed by atoms with Gasteiger partial charge in [-0.25, -0.2) is 0 Å². The Balaban J connectivity index is 1.83. The van der Waals surface area contributed by atoms with Crippen molar-refractivity contribution in [2.24, 2.45) is 0 Å². The first kappa shape index (κ1) is 14.7. The Morgan fingerprint density at radius 1 is 0.909 bits per heavy atom. The van der Waals surface area contributed by atoms with Crippen molar-refractivity contribution in [1.29, 1.82) is 0 Å². The number of thioether (sulfide) groups is 2. The molecule has 3 heteroatoms. The fraction of sp³-hybridized carbons (Fsp3) is 0.368. The molecule has 1 N–H and O–H groups in total. The van der Waals surface area contributed by atoms with E-state index in [0.717, 1.165) is 13.0 Å². The van der Waals surface area contributed by atoms with Gasteiger partial charge in [-0.2, -0.15) is 0 Å². The summed E-state index contributed by atoms with van der Waals surface area (Å²) in [6, 6.07) is 20.5. The summed E-state index contributed by atoms with van der Waals surface area (Å²) in [5, 5.41) is 3.84. The lowest BCUT2D eigenvalue weighted by Crippen LogP contribution is -2.42. The van der Waals surface area contributed by atoms with Gasteiger partial charge in [0.2, 0.25) is 0 Å². The zero-order chi connectivity index (χ0) is 14.8. The first-order valence-electron chi connectivity index (χ1n) is 8.05. The Morgan fingerprint density at radius 2 is 1.64 bits per heavy atom. The first-order valence-corrected chi connectivity index (χ1v) is 10.0. The average Bonchev–Trinajstić information content (AvgIpc) is 2.62. The van der Waals surface area contributed by atoms with Crippen LogP contribution in [0.2, 0.25) is 0 Å². The van der Waals surface area contributed by atoms with Crippen LogP contribution in [0, 0.1) is 0 Å². The highest BCUT2D eigenvalue weighted by molar-refractivity contribution is 8.18. The number of hydrogen-bond donors (Lipinski definition) is 1. The van der Waals surface area contributed by atoms with Gasteiger partial charge in [0.25, 0.3) is 0 Å². The summed E-state index contributed by atoms with van der Waals surface area (Å²) in [6.07, 6.45) is 2.46. The standard InChI is InChI=1S/C19H21NS2/c1-2-8-16(9-3-1)19(21-13-6-14-22-19)18-17-10-5-4-7-15(17)11-12-20-18/h1-5,7-10,18,20H,6,11-14H2. The Kier molecular flexibility index (Phi) is 4.21. The van der Waals surface area contributed by atoms with Crippen LogP contribution >= 0.6 is 23.5 Å². The van der Waals surface area contributed by atoms with Crippen molar-refractivity contribution in [3.05, 3.63) is 71.3 Å². The molecule has 2 aromatic rings. The molecule has 0 saturated carbocycles. The van der Waals surface area contributed by atoms with Gasteiger partial charge in [-0.3, -0.25) is 0 Å². The molecule has 4 rings (SSSR count). The van der Waals surface area contributed by atoms with Crippen LogP contribution in [0.25, 0.3) is 0 Å². The van der Waals surface area contributed by atoms with Crippen LogP contribution in [0.4, 0.5) is 0 Å². The Bertz CT molecular complexity index is 635. The van der Waals surface area contributed by atoms with E-state index in [1.54, 1.807) is 0 Å². The minimum absolute atomic E-state index is 0.107. The molecule has 2 aromatic carbocycles. The molecule has 1 unspecified atom stereocenters. The van der Waals surface area contributed by atoms with Gasteiger partial charge >= 0.3 is 0 Å². The smallest absolute Gasteiger partial charge is 0.105 e. The van der Waals surface area contributed by atoms with E-state index in [1.165, 1.54) is 34.6 Å². The van der Waals surface area contributed by atoms with Gasteiger partial charge in [-0.05, 0) is 47.6 Å². The predicted molar refractivity (Wildman–Crippen MR) is 98.5 cm³/mol. The van der Waals surface area contributed by atoms with Crippen LogP contribution in [0.1, 0.15) is 29.2 Å². The predicted octanol–water partition coefficient (Wildman–Crippen LogP) is 4.60. The molecule has 2 heterocycles. The zero-order valence-corrected chi connectivity index (χ0v) is 14.3. The second-order valence-electron chi connectivity index (χ2n) is 5.92. The average molecular weight is 328 g/mol. The largest absolute Gasteiger partial charge is 0.307 e. The third-order valence-electron chi connectivity index (χ3n) is 4.59. The molecule has 0 radical (unpaired) electrons. The van der Waals surface area contributed by atoms with Gasteiger partial charge in [0, 0.05) is 0 Å². The van der Waals surface area contributed by atoms with E-state index in [-0.39, 0.29) is 4.08 Å². The Morgan fingerprint density at radius 3 is 2.45 bits per heavy atom. The van der Waals surface area contributed by atoms with E-state index in [1.807, 2.05) is 0 Å². The molecule has 1 nitrogen and oxygen atoms in total. The van der Waals surface area contributed by atoms with Gasteiger partial charge in [0.1, 0.15) is 4.08 Å². The summed E-state index contributed by atoms with van der Waals surface area (Å²) in [5.74, 6) is 2.50. The third kappa shape index (κ3) is 2.49. The molecule has 0 bridgehead atoms. The second-order valence-corrected chi connectivity index (χ2v) is 8.86. The van der Waals surface area contributed by atoms with Crippen molar-refractivity contribution >= 4 is 23.5 Å². The van der Waals surface area contributed by atoms with Gasteiger partial charge in [0.05, 0.1) is 6.04 Å². The fourth-order valence-corrected chi connectivity index (χ4v) is 7.12. The van der Waals surface area contributed by atoms with Gasteiger partial charge in [-0.1, -0.05) is 54.6 Å². The van der Waals surface area contributed by atoms with Crippen molar-refractivity contribution in [3.8, 4) is 0 Å². The van der Waals surface area contributed by atoms with Crippen LogP contribution in [-0.4, -0.2) is 18.1 Å². The lowest BCUT2D eigenvalue weighted by molar-refractivity contribution is 0.473. The Labute approximate surface area is 141 Å². The SMILES string of the molecule is c1ccc(C2(C3NCCc4ccccc43)SCCCS2)cc1. The van der Waals surface area contributed by atoms with Crippen molar-refractivity contribution in [3.63, 3.8) is 0 Å². The van der Waals surface area contributed by atoms with Gasteiger partial charge in [0.15, 0.2) is 0 Å². The molecule has 0 aliphatic carbocycles. The Hall–Kier alpha value is -0.900. The van der Waals surface area contributed by atoms with Crippen LogP contribution in [0.15, 0.2) is 54.6 Å². The van der Waals surface area contributed by atoms with E-state index < -0.39 is 0 Å². The van der Waals surface area contributed by atoms with E-state index in [4.69, 9.17) is 0 Å². The van der Waals surface area contributed by atoms with Crippen LogP contribution in [0.5, 0.6) is 0 Å². The van der Waals surface area contributed by atoms with E-state index >= 15 is 0 Å². The molecule has 0 spiro atoms. The van der Waals surface area contributed by atoms with Crippen molar-refractivity contribution < 1.29 is 0 Å². The molecule has 1 atom stereocenters. The van der Waals surface area contributed by atoms with Crippen molar-refractivity contribution in [2.75, 3.05) is 18.1 Å². The van der Waals surface area contributed by atoms with Gasteiger partial charge in [-0.15, -0.1) is 23.5 Å². The molecule has 22 heavy (non-hydrogen) atoms. The number of hydrogen-bond acceptors (Lipinski definition) is 3. The molecule has 1 fully saturated rings. The van der Waals surface area contributed by atoms with Crippen molar-refractivity contribution in [1.82, 2.24) is 5.32 Å². The highest BCUT2D eigenvalue weighted by Gasteiger charge is 2.45. The fourth-order valence-electron chi connectivity index (χ4n) is 3.56. The number of benzene rings is 2. The minimum atomic E-state index is 0.107. The summed E-state index contributed by atoms with van der Waals surface area (Å²) in [4.78, 5) is 0. The van der Waals surface area contributed by atoms with Gasteiger partial charge < -0.3 is 5.32 Å². The monoisotopic (exact) mass is 327 g/mol. The molecule has 114 valence electrons. The first-order chi connectivity index (χ1) is 10.9. The van der Waals surface area contributed by atoms with Crippen LogP contribution in [-0.2, 0) is 10.5 Å². The maximum atomic E-state index is 3.84. The molecular weight excluding hydrogens is 306 g/mol. The van der Waals surface area contributed by atoms with E-state index in [9.17, 15) is 0 Å². The van der Waals surface area contributed by atoms with E-state index in [0.29, 0.717) is 6.04 Å². The maximum Gasteiger partial charge on any atom is 0.105 e. The quantitative estimate of drug-likeness (QED) is 0.866. The van der Waals surface area contributed by atoms with Crippen LogP contribution < -0.4 is 5.32 Å². The minimum Gasteiger partial charge on any atom is -0.307 e. The number of nitrogens with one attached hydrogen (secondary N) is 1. The lowest BCUT2D eigenvalue weighted by atomic mass is 9.89. The van der Waals surface area contributed by atoms with Crippen molar-refractivity contribution in [2.45, 2.75) is 23.0 Å². The summed E-state index contributed by atoms with van der Waals surface area (Å²) < 4.78 is 0.107. The van der Waals surface area contributed by atoms with E-state index in [2.05, 4.69) is 83.4 Å². The topological polar surface area (TPSA) is 12.0 Å². The zero-order valence-electron chi connectivity index (χ0n) is 12.6. The molecule has 2 aliphatic heterocycles. The normalized spacial score (nSPS) is 23.7.